The van der Waals surface area contributed by atoms with Crippen molar-refractivity contribution in [1.82, 2.24) is 0 Å². The van der Waals surface area contributed by atoms with Crippen LogP contribution in [0.25, 0.3) is 0 Å². The number of carbonyl (C=O) groups excluding carboxylic acids is 2. The molecule has 0 aliphatic heterocycles. The molecule has 0 unspecified atom stereocenters. The molecule has 0 saturated heterocycles. The number of methoxy groups -OCH3 is 4. The van der Waals surface area contributed by atoms with Crippen LogP contribution in [-0.4, -0.2) is 46.9 Å². The van der Waals surface area contributed by atoms with Gasteiger partial charge in [0, 0.05) is 36.5 Å². The number of amides is 1. The first kappa shape index (κ1) is 20.9. The molecule has 8 heteroatoms. The first-order valence-electron chi connectivity index (χ1n) is 8.54. The molecule has 0 spiro atoms. The van der Waals surface area contributed by atoms with E-state index in [9.17, 15) is 9.59 Å². The summed E-state index contributed by atoms with van der Waals surface area (Å²) in [6.45, 7) is 0.390. The van der Waals surface area contributed by atoms with E-state index in [1.807, 2.05) is 0 Å². The zero-order valence-corrected chi connectivity index (χ0v) is 16.3. The average Bonchev–Trinajstić information content (AvgIpc) is 2.72. The molecule has 0 bridgehead atoms. The summed E-state index contributed by atoms with van der Waals surface area (Å²) in [5, 5.41) is 5.91. The molecule has 0 fully saturated rings. The third-order valence-corrected chi connectivity index (χ3v) is 3.91. The largest absolute Gasteiger partial charge is 0.493 e. The van der Waals surface area contributed by atoms with E-state index in [1.54, 1.807) is 36.4 Å². The number of carbonyl (C=O) groups is 2. The van der Waals surface area contributed by atoms with Crippen LogP contribution in [0.15, 0.2) is 36.4 Å². The summed E-state index contributed by atoms with van der Waals surface area (Å²) in [6, 6.07) is 10.1. The summed E-state index contributed by atoms with van der Waals surface area (Å²) in [7, 11) is 5.92. The standard InChI is InChI=1S/C20H24N2O6/c1-25-16-11-15(12-17(26-2)19(16)27-3)21-9-8-18(23)22-14-7-5-6-13(10-14)20(24)28-4/h5-7,10-12,21H,8-9H2,1-4H3,(H,22,23). The predicted octanol–water partition coefficient (Wildman–Crippen LogP) is 2.94. The van der Waals surface area contributed by atoms with Gasteiger partial charge in [-0.2, -0.15) is 0 Å². The van der Waals surface area contributed by atoms with E-state index in [1.165, 1.54) is 28.4 Å². The fourth-order valence-electron chi connectivity index (χ4n) is 2.57. The van der Waals surface area contributed by atoms with Gasteiger partial charge < -0.3 is 29.6 Å². The highest BCUT2D eigenvalue weighted by Gasteiger charge is 2.13. The van der Waals surface area contributed by atoms with E-state index in [2.05, 4.69) is 15.4 Å². The van der Waals surface area contributed by atoms with Crippen LogP contribution in [0, 0.1) is 0 Å². The summed E-state index contributed by atoms with van der Waals surface area (Å²) in [5.41, 5.74) is 1.63. The SMILES string of the molecule is COC(=O)c1cccc(NC(=O)CCNc2cc(OC)c(OC)c(OC)c2)c1. The molecule has 1 amide bonds. The number of hydrogen-bond donors (Lipinski definition) is 2. The molecule has 2 N–H and O–H groups in total. The molecule has 8 nitrogen and oxygen atoms in total. The quantitative estimate of drug-likeness (QED) is 0.638. The van der Waals surface area contributed by atoms with Crippen LogP contribution in [0.4, 0.5) is 11.4 Å². The van der Waals surface area contributed by atoms with E-state index >= 15 is 0 Å². The van der Waals surface area contributed by atoms with Crippen molar-refractivity contribution in [1.29, 1.82) is 0 Å². The zero-order valence-electron chi connectivity index (χ0n) is 16.3. The minimum absolute atomic E-state index is 0.193. The summed E-state index contributed by atoms with van der Waals surface area (Å²) in [5.74, 6) is 0.891. The molecule has 150 valence electrons. The van der Waals surface area contributed by atoms with Gasteiger partial charge in [0.1, 0.15) is 0 Å². The van der Waals surface area contributed by atoms with Gasteiger partial charge in [-0.05, 0) is 18.2 Å². The first-order valence-corrected chi connectivity index (χ1v) is 8.54. The molecule has 0 heterocycles. The highest BCUT2D eigenvalue weighted by Crippen LogP contribution is 2.39. The van der Waals surface area contributed by atoms with Crippen LogP contribution in [-0.2, 0) is 9.53 Å². The Labute approximate surface area is 163 Å². The van der Waals surface area contributed by atoms with Gasteiger partial charge in [-0.1, -0.05) is 6.07 Å². The van der Waals surface area contributed by atoms with E-state index in [4.69, 9.17) is 14.2 Å². The summed E-state index contributed by atoms with van der Waals surface area (Å²) in [6.07, 6.45) is 0.221. The van der Waals surface area contributed by atoms with Crippen LogP contribution in [0.5, 0.6) is 17.2 Å². The van der Waals surface area contributed by atoms with Crippen LogP contribution < -0.4 is 24.8 Å². The Hall–Kier alpha value is -3.42. The highest BCUT2D eigenvalue weighted by molar-refractivity contribution is 5.94. The van der Waals surface area contributed by atoms with Crippen molar-refractivity contribution < 1.29 is 28.5 Å². The Morgan fingerprint density at radius 2 is 1.57 bits per heavy atom. The lowest BCUT2D eigenvalue weighted by Crippen LogP contribution is -2.16. The molecule has 28 heavy (non-hydrogen) atoms. The molecule has 0 radical (unpaired) electrons. The van der Waals surface area contributed by atoms with Gasteiger partial charge in [-0.25, -0.2) is 4.79 Å². The van der Waals surface area contributed by atoms with E-state index in [-0.39, 0.29) is 12.3 Å². The van der Waals surface area contributed by atoms with Crippen molar-refractivity contribution in [3.05, 3.63) is 42.0 Å². The number of hydrogen-bond acceptors (Lipinski definition) is 7. The maximum Gasteiger partial charge on any atom is 0.337 e. The normalized spacial score (nSPS) is 10.0. The zero-order chi connectivity index (χ0) is 20.5. The van der Waals surface area contributed by atoms with Crippen LogP contribution in [0.3, 0.4) is 0 Å². The lowest BCUT2D eigenvalue weighted by Gasteiger charge is -2.15. The second-order valence-electron chi connectivity index (χ2n) is 5.71. The van der Waals surface area contributed by atoms with Gasteiger partial charge in [0.05, 0.1) is 34.0 Å². The molecule has 0 aliphatic rings. The van der Waals surface area contributed by atoms with Crippen LogP contribution >= 0.6 is 0 Å². The average molecular weight is 388 g/mol. The molecule has 0 atom stereocenters. The molecular formula is C20H24N2O6. The van der Waals surface area contributed by atoms with Crippen molar-refractivity contribution in [3.8, 4) is 17.2 Å². The lowest BCUT2D eigenvalue weighted by atomic mass is 10.2. The number of nitrogens with one attached hydrogen (secondary N) is 2. The second kappa shape index (κ2) is 10.1. The van der Waals surface area contributed by atoms with E-state index in [0.717, 1.165) is 5.69 Å². The highest BCUT2D eigenvalue weighted by atomic mass is 16.5. The Morgan fingerprint density at radius 1 is 0.893 bits per heavy atom. The summed E-state index contributed by atoms with van der Waals surface area (Å²) in [4.78, 5) is 23.7. The van der Waals surface area contributed by atoms with Crippen molar-refractivity contribution in [3.63, 3.8) is 0 Å². The van der Waals surface area contributed by atoms with E-state index in [0.29, 0.717) is 35.0 Å². The second-order valence-corrected chi connectivity index (χ2v) is 5.71. The number of esters is 1. The molecule has 2 aromatic rings. The van der Waals surface area contributed by atoms with Crippen LogP contribution in [0.1, 0.15) is 16.8 Å². The van der Waals surface area contributed by atoms with Gasteiger partial charge in [0.25, 0.3) is 0 Å². The maximum atomic E-state index is 12.2. The Bertz CT molecular complexity index is 812. The predicted molar refractivity (Wildman–Crippen MR) is 106 cm³/mol. The van der Waals surface area contributed by atoms with Gasteiger partial charge in [-0.3, -0.25) is 4.79 Å². The summed E-state index contributed by atoms with van der Waals surface area (Å²) >= 11 is 0. The fourth-order valence-corrected chi connectivity index (χ4v) is 2.57. The number of ether oxygens (including phenoxy) is 4. The molecule has 2 rings (SSSR count). The van der Waals surface area contributed by atoms with Crippen molar-refractivity contribution >= 4 is 23.3 Å². The minimum Gasteiger partial charge on any atom is -0.493 e. The molecule has 0 aliphatic carbocycles. The third kappa shape index (κ3) is 5.29. The monoisotopic (exact) mass is 388 g/mol. The smallest absolute Gasteiger partial charge is 0.337 e. The molecular weight excluding hydrogens is 364 g/mol. The third-order valence-electron chi connectivity index (χ3n) is 3.91. The van der Waals surface area contributed by atoms with Gasteiger partial charge in [0.2, 0.25) is 11.7 Å². The van der Waals surface area contributed by atoms with Gasteiger partial charge in [0.15, 0.2) is 11.5 Å². The Kier molecular flexibility index (Phi) is 7.50. The van der Waals surface area contributed by atoms with Crippen LogP contribution in [0.2, 0.25) is 0 Å². The maximum absolute atomic E-state index is 12.2. The van der Waals surface area contributed by atoms with Crippen molar-refractivity contribution in [2.45, 2.75) is 6.42 Å². The lowest BCUT2D eigenvalue weighted by molar-refractivity contribution is -0.115. The topological polar surface area (TPSA) is 95.1 Å². The molecule has 0 aromatic heterocycles. The summed E-state index contributed by atoms with van der Waals surface area (Å²) < 4.78 is 20.6. The Balaban J connectivity index is 1.94. The fraction of sp³-hybridized carbons (Fsp3) is 0.300. The number of anilines is 2. The van der Waals surface area contributed by atoms with Gasteiger partial charge in [-0.15, -0.1) is 0 Å². The van der Waals surface area contributed by atoms with Crippen molar-refractivity contribution in [2.24, 2.45) is 0 Å². The minimum atomic E-state index is -0.458. The van der Waals surface area contributed by atoms with Crippen molar-refractivity contribution in [2.75, 3.05) is 45.6 Å². The number of rotatable bonds is 9. The Morgan fingerprint density at radius 3 is 2.14 bits per heavy atom. The first-order chi connectivity index (χ1) is 13.5. The molecule has 0 saturated carbocycles. The number of benzene rings is 2. The van der Waals surface area contributed by atoms with E-state index < -0.39 is 5.97 Å². The molecule has 2 aromatic carbocycles. The van der Waals surface area contributed by atoms with Gasteiger partial charge >= 0.3 is 5.97 Å².